The summed E-state index contributed by atoms with van der Waals surface area (Å²) in [5.41, 5.74) is 0.702. The molecule has 3 nitrogen and oxygen atoms in total. The maximum atomic E-state index is 11.5. The van der Waals surface area contributed by atoms with Crippen molar-refractivity contribution in [3.8, 4) is 0 Å². The van der Waals surface area contributed by atoms with Crippen molar-refractivity contribution in [1.82, 2.24) is 4.57 Å². The van der Waals surface area contributed by atoms with Crippen molar-refractivity contribution in [3.63, 3.8) is 0 Å². The number of pyridine rings is 1. The third-order valence-electron chi connectivity index (χ3n) is 2.52. The summed E-state index contributed by atoms with van der Waals surface area (Å²) >= 11 is 1.67. The summed E-state index contributed by atoms with van der Waals surface area (Å²) in [4.78, 5) is 23.1. The van der Waals surface area contributed by atoms with Crippen LogP contribution in [0, 0.1) is 0 Å². The molecular formula is C14H13NO2S. The van der Waals surface area contributed by atoms with Crippen LogP contribution >= 0.6 is 11.8 Å². The lowest BCUT2D eigenvalue weighted by Gasteiger charge is -2.04. The lowest BCUT2D eigenvalue weighted by molar-refractivity contribution is 0.112. The fourth-order valence-corrected chi connectivity index (χ4v) is 2.40. The van der Waals surface area contributed by atoms with E-state index in [4.69, 9.17) is 0 Å². The Labute approximate surface area is 109 Å². The number of thioether (sulfide) groups is 1. The van der Waals surface area contributed by atoms with Crippen molar-refractivity contribution in [2.24, 2.45) is 0 Å². The normalized spacial score (nSPS) is 10.2. The van der Waals surface area contributed by atoms with Crippen LogP contribution in [0.3, 0.4) is 0 Å². The minimum absolute atomic E-state index is 0.0226. The van der Waals surface area contributed by atoms with Gasteiger partial charge >= 0.3 is 0 Å². The standard InChI is InChI=1S/C14H13NO2S/c16-11-12-4-6-13(7-5-12)18-10-9-15-8-2-1-3-14(15)17/h1-8,11H,9-10H2. The second-order valence-electron chi connectivity index (χ2n) is 3.77. The molecule has 0 radical (unpaired) electrons. The molecule has 18 heavy (non-hydrogen) atoms. The Bertz CT molecular complexity index is 575. The maximum absolute atomic E-state index is 11.5. The second kappa shape index (κ2) is 6.21. The highest BCUT2D eigenvalue weighted by Crippen LogP contribution is 2.17. The average Bonchev–Trinajstić information content (AvgIpc) is 2.42. The third-order valence-corrected chi connectivity index (χ3v) is 3.51. The Hall–Kier alpha value is -1.81. The number of benzene rings is 1. The van der Waals surface area contributed by atoms with Crippen molar-refractivity contribution in [1.29, 1.82) is 0 Å². The Morgan fingerprint density at radius 2 is 1.89 bits per heavy atom. The first-order valence-corrected chi connectivity index (χ1v) is 6.61. The van der Waals surface area contributed by atoms with Gasteiger partial charge in [-0.05, 0) is 18.2 Å². The molecular weight excluding hydrogens is 246 g/mol. The van der Waals surface area contributed by atoms with Crippen molar-refractivity contribution in [3.05, 3.63) is 64.6 Å². The maximum Gasteiger partial charge on any atom is 0.250 e. The summed E-state index contributed by atoms with van der Waals surface area (Å²) in [5.74, 6) is 0.824. The van der Waals surface area contributed by atoms with Gasteiger partial charge in [-0.2, -0.15) is 0 Å². The first-order valence-electron chi connectivity index (χ1n) is 5.63. The van der Waals surface area contributed by atoms with Crippen LogP contribution in [0.4, 0.5) is 0 Å². The number of aromatic nitrogens is 1. The molecule has 1 heterocycles. The van der Waals surface area contributed by atoms with Gasteiger partial charge in [0.2, 0.25) is 0 Å². The summed E-state index contributed by atoms with van der Waals surface area (Å²) in [6.45, 7) is 0.680. The molecule has 0 fully saturated rings. The molecule has 0 spiro atoms. The fourth-order valence-electron chi connectivity index (χ4n) is 1.55. The molecule has 1 aromatic heterocycles. The number of carbonyl (C=O) groups excluding carboxylic acids is 1. The molecule has 2 aromatic rings. The largest absolute Gasteiger partial charge is 0.315 e. The van der Waals surface area contributed by atoms with Crippen LogP contribution in [0.5, 0.6) is 0 Å². The zero-order valence-corrected chi connectivity index (χ0v) is 10.6. The van der Waals surface area contributed by atoms with Gasteiger partial charge in [0.25, 0.3) is 5.56 Å². The number of aldehydes is 1. The Balaban J connectivity index is 1.90. The van der Waals surface area contributed by atoms with Crippen molar-refractivity contribution in [2.45, 2.75) is 11.4 Å². The lowest BCUT2D eigenvalue weighted by atomic mass is 10.2. The predicted molar refractivity (Wildman–Crippen MR) is 73.3 cm³/mol. The number of nitrogens with zero attached hydrogens (tertiary/aromatic N) is 1. The van der Waals surface area contributed by atoms with Gasteiger partial charge in [-0.15, -0.1) is 11.8 Å². The lowest BCUT2D eigenvalue weighted by Crippen LogP contribution is -2.18. The number of hydrogen-bond acceptors (Lipinski definition) is 3. The monoisotopic (exact) mass is 259 g/mol. The number of rotatable bonds is 5. The van der Waals surface area contributed by atoms with Gasteiger partial charge in [0.1, 0.15) is 6.29 Å². The highest BCUT2D eigenvalue weighted by Gasteiger charge is 1.97. The van der Waals surface area contributed by atoms with Gasteiger partial charge < -0.3 is 4.57 Å². The van der Waals surface area contributed by atoms with Crippen LogP contribution in [-0.4, -0.2) is 16.6 Å². The van der Waals surface area contributed by atoms with Gasteiger partial charge in [0.15, 0.2) is 0 Å². The van der Waals surface area contributed by atoms with Crippen LogP contribution in [0.25, 0.3) is 0 Å². The summed E-state index contributed by atoms with van der Waals surface area (Å²) in [6.07, 6.45) is 2.62. The van der Waals surface area contributed by atoms with Crippen LogP contribution in [0.1, 0.15) is 10.4 Å². The van der Waals surface area contributed by atoms with E-state index in [2.05, 4.69) is 0 Å². The smallest absolute Gasteiger partial charge is 0.250 e. The summed E-state index contributed by atoms with van der Waals surface area (Å²) in [5, 5.41) is 0. The zero-order valence-electron chi connectivity index (χ0n) is 9.78. The van der Waals surface area contributed by atoms with E-state index in [1.54, 1.807) is 46.8 Å². The minimum atomic E-state index is 0.0226. The number of carbonyl (C=O) groups is 1. The first-order chi connectivity index (χ1) is 8.79. The molecule has 0 amide bonds. The molecule has 0 aliphatic heterocycles. The molecule has 0 aliphatic carbocycles. The summed E-state index contributed by atoms with van der Waals surface area (Å²) < 4.78 is 1.69. The summed E-state index contributed by atoms with van der Waals surface area (Å²) in [6, 6.07) is 12.6. The van der Waals surface area contributed by atoms with E-state index in [9.17, 15) is 9.59 Å². The molecule has 2 rings (SSSR count). The fraction of sp³-hybridized carbons (Fsp3) is 0.143. The molecule has 0 bridgehead atoms. The molecule has 0 saturated carbocycles. The Morgan fingerprint density at radius 1 is 1.11 bits per heavy atom. The molecule has 92 valence electrons. The Kier molecular flexibility index (Phi) is 4.36. The molecule has 1 aromatic carbocycles. The quantitative estimate of drug-likeness (QED) is 0.611. The van der Waals surface area contributed by atoms with Crippen LogP contribution < -0.4 is 5.56 Å². The Morgan fingerprint density at radius 3 is 2.56 bits per heavy atom. The van der Waals surface area contributed by atoms with E-state index >= 15 is 0 Å². The minimum Gasteiger partial charge on any atom is -0.315 e. The second-order valence-corrected chi connectivity index (χ2v) is 4.94. The van der Waals surface area contributed by atoms with Crippen LogP contribution in [0.15, 0.2) is 58.4 Å². The molecule has 0 N–H and O–H groups in total. The van der Waals surface area contributed by atoms with E-state index in [-0.39, 0.29) is 5.56 Å². The van der Waals surface area contributed by atoms with E-state index in [1.165, 1.54) is 0 Å². The van der Waals surface area contributed by atoms with Crippen molar-refractivity contribution < 1.29 is 4.79 Å². The summed E-state index contributed by atoms with van der Waals surface area (Å²) in [7, 11) is 0. The molecule has 0 atom stereocenters. The van der Waals surface area contributed by atoms with E-state index in [0.29, 0.717) is 12.1 Å². The predicted octanol–water partition coefficient (Wildman–Crippen LogP) is 2.45. The molecule has 0 saturated heterocycles. The van der Waals surface area contributed by atoms with E-state index in [0.717, 1.165) is 16.9 Å². The van der Waals surface area contributed by atoms with E-state index in [1.807, 2.05) is 18.2 Å². The topological polar surface area (TPSA) is 39.1 Å². The highest BCUT2D eigenvalue weighted by atomic mass is 32.2. The number of hydrogen-bond donors (Lipinski definition) is 0. The van der Waals surface area contributed by atoms with Crippen molar-refractivity contribution in [2.75, 3.05) is 5.75 Å². The van der Waals surface area contributed by atoms with Gasteiger partial charge in [0, 0.05) is 35.0 Å². The molecule has 4 heteroatoms. The van der Waals surface area contributed by atoms with E-state index < -0.39 is 0 Å². The van der Waals surface area contributed by atoms with Crippen molar-refractivity contribution >= 4 is 18.0 Å². The van der Waals surface area contributed by atoms with Gasteiger partial charge in [0.05, 0.1) is 0 Å². The first kappa shape index (κ1) is 12.6. The number of aryl methyl sites for hydroxylation is 1. The van der Waals surface area contributed by atoms with Gasteiger partial charge in [-0.1, -0.05) is 18.2 Å². The van der Waals surface area contributed by atoms with Gasteiger partial charge in [-0.3, -0.25) is 9.59 Å². The van der Waals surface area contributed by atoms with Gasteiger partial charge in [-0.25, -0.2) is 0 Å². The van der Waals surface area contributed by atoms with Crippen LogP contribution in [0.2, 0.25) is 0 Å². The third kappa shape index (κ3) is 3.34. The molecule has 0 unspecified atom stereocenters. The van der Waals surface area contributed by atoms with Crippen LogP contribution in [-0.2, 0) is 6.54 Å². The highest BCUT2D eigenvalue weighted by molar-refractivity contribution is 7.99. The SMILES string of the molecule is O=Cc1ccc(SCCn2ccccc2=O)cc1. The molecule has 0 aliphatic rings. The average molecular weight is 259 g/mol. The zero-order chi connectivity index (χ0) is 12.8.